The van der Waals surface area contributed by atoms with Crippen LogP contribution in [0.25, 0.3) is 0 Å². The van der Waals surface area contributed by atoms with Crippen LogP contribution in [0, 0.1) is 0 Å². The molecule has 0 aliphatic heterocycles. The maximum atomic E-state index is 2.43. The van der Waals surface area contributed by atoms with Gasteiger partial charge in [-0.05, 0) is 120 Å². The number of rotatable bonds is 15. The second kappa shape index (κ2) is 18.2. The molecule has 0 rings (SSSR count). The van der Waals surface area contributed by atoms with Gasteiger partial charge >= 0.3 is 0 Å². The number of allylic oxidation sites excluding steroid dienone is 12. The first-order valence-corrected chi connectivity index (χ1v) is 12.1. The van der Waals surface area contributed by atoms with E-state index in [-0.39, 0.29) is 0 Å². The van der Waals surface area contributed by atoms with Crippen molar-refractivity contribution in [3.05, 3.63) is 69.9 Å². The van der Waals surface area contributed by atoms with Crippen molar-refractivity contribution in [1.82, 2.24) is 0 Å². The van der Waals surface area contributed by atoms with E-state index in [0.29, 0.717) is 0 Å². The summed E-state index contributed by atoms with van der Waals surface area (Å²) in [5, 5.41) is 0. The minimum absolute atomic E-state index is 1.17. The first-order valence-electron chi connectivity index (χ1n) is 12.1. The predicted molar refractivity (Wildman–Crippen MR) is 140 cm³/mol. The van der Waals surface area contributed by atoms with Gasteiger partial charge in [-0.2, -0.15) is 0 Å². The molecule has 0 aliphatic rings. The van der Waals surface area contributed by atoms with Crippen molar-refractivity contribution in [3.63, 3.8) is 0 Å². The molecule has 0 aromatic heterocycles. The first-order chi connectivity index (χ1) is 14.2. The van der Waals surface area contributed by atoms with Gasteiger partial charge in [0.15, 0.2) is 0 Å². The Morgan fingerprint density at radius 1 is 0.333 bits per heavy atom. The van der Waals surface area contributed by atoms with Crippen molar-refractivity contribution in [2.75, 3.05) is 0 Å². The van der Waals surface area contributed by atoms with E-state index in [1.807, 2.05) is 0 Å². The lowest BCUT2D eigenvalue weighted by molar-refractivity contribution is 0.896. The van der Waals surface area contributed by atoms with Crippen molar-refractivity contribution in [2.45, 2.75) is 120 Å². The van der Waals surface area contributed by atoms with Gasteiger partial charge in [-0.3, -0.25) is 0 Å². The van der Waals surface area contributed by atoms with Crippen molar-refractivity contribution >= 4 is 0 Å². The topological polar surface area (TPSA) is 0 Å². The monoisotopic (exact) mass is 410 g/mol. The highest BCUT2D eigenvalue weighted by atomic mass is 14.0. The fraction of sp³-hybridized carbons (Fsp3) is 0.600. The largest absolute Gasteiger partial charge is 0.0856 e. The molecule has 0 amide bonds. The molecule has 0 aromatic rings. The third kappa shape index (κ3) is 19.7. The molecule has 0 saturated carbocycles. The van der Waals surface area contributed by atoms with E-state index in [4.69, 9.17) is 0 Å². The molecule has 0 radical (unpaired) electrons. The molecule has 0 N–H and O–H groups in total. The lowest BCUT2D eigenvalue weighted by Crippen LogP contribution is -1.82. The fourth-order valence-corrected chi connectivity index (χ4v) is 3.34. The molecule has 0 nitrogen and oxygen atoms in total. The molecule has 0 unspecified atom stereocenters. The van der Waals surface area contributed by atoms with Crippen LogP contribution in [0.3, 0.4) is 0 Å². The maximum Gasteiger partial charge on any atom is -0.0288 e. The van der Waals surface area contributed by atoms with Crippen LogP contribution in [0.4, 0.5) is 0 Å². The molecule has 0 aromatic carbocycles. The van der Waals surface area contributed by atoms with Gasteiger partial charge in [-0.1, -0.05) is 69.9 Å². The van der Waals surface area contributed by atoms with E-state index in [0.717, 1.165) is 0 Å². The Labute approximate surface area is 189 Å². The van der Waals surface area contributed by atoms with E-state index >= 15 is 0 Å². The van der Waals surface area contributed by atoms with Crippen molar-refractivity contribution in [1.29, 1.82) is 0 Å². The number of hydrogen-bond donors (Lipinski definition) is 0. The van der Waals surface area contributed by atoms with Crippen LogP contribution in [0.2, 0.25) is 0 Å². The van der Waals surface area contributed by atoms with Crippen LogP contribution in [-0.2, 0) is 0 Å². The lowest BCUT2D eigenvalue weighted by atomic mass is 10.0. The summed E-state index contributed by atoms with van der Waals surface area (Å²) in [7, 11) is 0. The highest BCUT2D eigenvalue weighted by Gasteiger charge is 1.94. The molecule has 170 valence electrons. The summed E-state index contributed by atoms with van der Waals surface area (Å²) < 4.78 is 0. The van der Waals surface area contributed by atoms with Gasteiger partial charge in [0, 0.05) is 0 Å². The van der Waals surface area contributed by atoms with Gasteiger partial charge in [0.2, 0.25) is 0 Å². The third-order valence-electron chi connectivity index (χ3n) is 5.40. The van der Waals surface area contributed by atoms with E-state index in [1.54, 1.807) is 0 Å². The summed E-state index contributed by atoms with van der Waals surface area (Å²) >= 11 is 0. The molecule has 0 atom stereocenters. The van der Waals surface area contributed by atoms with Crippen LogP contribution < -0.4 is 0 Å². The minimum atomic E-state index is 1.17. The molecule has 0 aliphatic carbocycles. The molecule has 0 bridgehead atoms. The molecule has 0 fully saturated rings. The Morgan fingerprint density at radius 2 is 0.567 bits per heavy atom. The second-order valence-corrected chi connectivity index (χ2v) is 9.50. The van der Waals surface area contributed by atoms with Crippen LogP contribution in [0.15, 0.2) is 69.9 Å². The highest BCUT2D eigenvalue weighted by molar-refractivity contribution is 5.08. The van der Waals surface area contributed by atoms with Crippen LogP contribution in [0.5, 0.6) is 0 Å². The summed E-state index contributed by atoms with van der Waals surface area (Å²) in [6.07, 6.45) is 26.2. The second-order valence-electron chi connectivity index (χ2n) is 9.50. The van der Waals surface area contributed by atoms with E-state index < -0.39 is 0 Å². The van der Waals surface area contributed by atoms with Gasteiger partial charge in [-0.15, -0.1) is 0 Å². The molecular weight excluding hydrogens is 360 g/mol. The van der Waals surface area contributed by atoms with Gasteiger partial charge in [0.1, 0.15) is 0 Å². The Hall–Kier alpha value is -1.56. The summed E-state index contributed by atoms with van der Waals surface area (Å²) in [5.41, 5.74) is 8.97. The average Bonchev–Trinajstić information content (AvgIpc) is 2.64. The third-order valence-corrected chi connectivity index (χ3v) is 5.40. The maximum absolute atomic E-state index is 2.43. The molecular formula is C30H50. The Kier molecular flexibility index (Phi) is 17.3. The zero-order valence-corrected chi connectivity index (χ0v) is 21.5. The van der Waals surface area contributed by atoms with Gasteiger partial charge in [-0.25, -0.2) is 0 Å². The lowest BCUT2D eigenvalue weighted by Gasteiger charge is -2.02. The van der Waals surface area contributed by atoms with Gasteiger partial charge < -0.3 is 0 Å². The van der Waals surface area contributed by atoms with E-state index in [9.17, 15) is 0 Å². The fourth-order valence-electron chi connectivity index (χ4n) is 3.34. The molecule has 0 spiro atoms. The zero-order chi connectivity index (χ0) is 22.8. The summed E-state index contributed by atoms with van der Waals surface area (Å²) in [4.78, 5) is 0. The minimum Gasteiger partial charge on any atom is -0.0856 e. The molecule has 30 heavy (non-hydrogen) atoms. The van der Waals surface area contributed by atoms with Gasteiger partial charge in [0.05, 0.1) is 0 Å². The SMILES string of the molecule is CC(C)=CCCC(C)=CCCC(C)=CCC/C=C(\C)CC/C=C(\C)CCC=C(C)C. The first kappa shape index (κ1) is 28.4. The van der Waals surface area contributed by atoms with E-state index in [2.05, 4.69) is 91.8 Å². The van der Waals surface area contributed by atoms with Gasteiger partial charge in [0.25, 0.3) is 0 Å². The van der Waals surface area contributed by atoms with Crippen molar-refractivity contribution in [3.8, 4) is 0 Å². The summed E-state index contributed by atoms with van der Waals surface area (Å²) in [6, 6.07) is 0. The molecule has 0 heterocycles. The normalized spacial score (nSPS) is 13.5. The Balaban J connectivity index is 4.05. The number of unbranched alkanes of at least 4 members (excludes halogenated alkanes) is 1. The standard InChI is InChI=1S/C30H50/c1-25(2)15-11-19-29(7)23-13-21-27(5)17-9-10-18-28(6)22-14-24-30(8)20-12-16-26(3)4/h15-18,23-24H,9-14,19-22H2,1-8H3/b27-17+,28-18?,29-23+,30-24?. The Morgan fingerprint density at radius 3 is 0.833 bits per heavy atom. The summed E-state index contributed by atoms with van der Waals surface area (Å²) in [6.45, 7) is 17.8. The Bertz CT molecular complexity index is 578. The van der Waals surface area contributed by atoms with Crippen LogP contribution in [0.1, 0.15) is 120 Å². The quantitative estimate of drug-likeness (QED) is 0.186. The molecule has 0 heteroatoms. The smallest absolute Gasteiger partial charge is 0.0288 e. The molecule has 0 saturated heterocycles. The van der Waals surface area contributed by atoms with Crippen LogP contribution in [-0.4, -0.2) is 0 Å². The van der Waals surface area contributed by atoms with Crippen molar-refractivity contribution < 1.29 is 0 Å². The van der Waals surface area contributed by atoms with E-state index in [1.165, 1.54) is 97.6 Å². The van der Waals surface area contributed by atoms with Crippen LogP contribution >= 0.6 is 0 Å². The highest BCUT2D eigenvalue weighted by Crippen LogP contribution is 2.14. The predicted octanol–water partition coefficient (Wildman–Crippen LogP) is 10.6. The zero-order valence-electron chi connectivity index (χ0n) is 21.5. The number of hydrogen-bond acceptors (Lipinski definition) is 0. The van der Waals surface area contributed by atoms with Crippen molar-refractivity contribution in [2.24, 2.45) is 0 Å². The summed E-state index contributed by atoms with van der Waals surface area (Å²) in [5.74, 6) is 0. The average molecular weight is 411 g/mol.